The topological polar surface area (TPSA) is 54.0 Å². The van der Waals surface area contributed by atoms with Gasteiger partial charge in [0.2, 0.25) is 0 Å². The second-order valence-electron chi connectivity index (χ2n) is 6.03. The van der Waals surface area contributed by atoms with Crippen molar-refractivity contribution in [3.05, 3.63) is 12.7 Å². The molecule has 2 aliphatic carbocycles. The molecule has 20 heavy (non-hydrogen) atoms. The molecule has 1 aliphatic heterocycles. The van der Waals surface area contributed by atoms with Crippen LogP contribution in [-0.4, -0.2) is 23.5 Å². The average Bonchev–Trinajstić information content (AvgIpc) is 2.98. The van der Waals surface area contributed by atoms with Crippen molar-refractivity contribution in [3.63, 3.8) is 0 Å². The van der Waals surface area contributed by atoms with E-state index in [1.807, 2.05) is 0 Å². The highest BCUT2D eigenvalue weighted by atomic mass is 17.0. The summed E-state index contributed by atoms with van der Waals surface area (Å²) in [5.74, 6) is -3.27. The van der Waals surface area contributed by atoms with Crippen molar-refractivity contribution in [1.82, 2.24) is 0 Å². The molecule has 2 saturated carbocycles. The normalized spacial score (nSPS) is 34.5. The lowest BCUT2D eigenvalue weighted by Crippen LogP contribution is -2.61. The molecule has 5 heteroatoms. The van der Waals surface area contributed by atoms with Crippen molar-refractivity contribution in [1.29, 1.82) is 0 Å². The number of rotatable bonds is 2. The van der Waals surface area contributed by atoms with Gasteiger partial charge in [0, 0.05) is 38.7 Å². The maximum Gasteiger partial charge on any atom is 0.334 e. The molecule has 0 aromatic rings. The quantitative estimate of drug-likeness (QED) is 0.575. The van der Waals surface area contributed by atoms with Gasteiger partial charge >= 0.3 is 11.9 Å². The maximum atomic E-state index is 11.6. The first-order valence-electron chi connectivity index (χ1n) is 7.45. The first-order valence-corrected chi connectivity index (χ1v) is 7.45. The van der Waals surface area contributed by atoms with Gasteiger partial charge in [-0.1, -0.05) is 6.58 Å². The summed E-state index contributed by atoms with van der Waals surface area (Å²) in [5.41, 5.74) is 0. The Kier molecular flexibility index (Phi) is 3.39. The van der Waals surface area contributed by atoms with Crippen LogP contribution in [0.5, 0.6) is 0 Å². The van der Waals surface area contributed by atoms with E-state index in [9.17, 15) is 4.79 Å². The molecule has 3 rings (SSSR count). The van der Waals surface area contributed by atoms with Crippen molar-refractivity contribution in [2.45, 2.75) is 75.8 Å². The van der Waals surface area contributed by atoms with Gasteiger partial charge in [-0.05, 0) is 25.7 Å². The van der Waals surface area contributed by atoms with E-state index in [-0.39, 0.29) is 0 Å². The number of hydrogen-bond acceptors (Lipinski definition) is 5. The molecule has 0 radical (unpaired) electrons. The molecular weight excluding hydrogens is 260 g/mol. The Morgan fingerprint density at radius 1 is 1.00 bits per heavy atom. The monoisotopic (exact) mass is 282 g/mol. The summed E-state index contributed by atoms with van der Waals surface area (Å²) in [7, 11) is 0. The molecule has 5 nitrogen and oxygen atoms in total. The fourth-order valence-electron chi connectivity index (χ4n) is 3.58. The van der Waals surface area contributed by atoms with E-state index in [2.05, 4.69) is 6.58 Å². The Hall–Kier alpha value is -0.910. The first-order chi connectivity index (χ1) is 9.49. The minimum atomic E-state index is -1.39. The molecule has 0 unspecified atom stereocenters. The highest BCUT2D eigenvalue weighted by Gasteiger charge is 2.59. The van der Waals surface area contributed by atoms with Gasteiger partial charge < -0.3 is 9.47 Å². The van der Waals surface area contributed by atoms with E-state index in [1.165, 1.54) is 0 Å². The van der Waals surface area contributed by atoms with Crippen LogP contribution in [0.2, 0.25) is 0 Å². The van der Waals surface area contributed by atoms with Crippen LogP contribution in [0.25, 0.3) is 0 Å². The van der Waals surface area contributed by atoms with Crippen LogP contribution in [0, 0.1) is 0 Å². The lowest BCUT2D eigenvalue weighted by atomic mass is 10.1. The van der Waals surface area contributed by atoms with E-state index in [0.29, 0.717) is 0 Å². The molecule has 1 saturated heterocycles. The van der Waals surface area contributed by atoms with Gasteiger partial charge in [-0.25, -0.2) is 4.79 Å². The second kappa shape index (κ2) is 4.83. The molecule has 3 aliphatic rings. The van der Waals surface area contributed by atoms with Crippen LogP contribution in [0.1, 0.15) is 58.3 Å². The molecule has 1 heterocycles. The zero-order chi connectivity index (χ0) is 14.3. The number of hydrogen-bond donors (Lipinski definition) is 0. The molecule has 0 N–H and O–H groups in total. The Bertz CT molecular complexity index is 380. The van der Waals surface area contributed by atoms with Gasteiger partial charge in [0.15, 0.2) is 11.6 Å². The van der Waals surface area contributed by atoms with Gasteiger partial charge in [-0.15, -0.1) is 0 Å². The first kappa shape index (κ1) is 14.0. The van der Waals surface area contributed by atoms with Gasteiger partial charge in [0.05, 0.1) is 0 Å². The summed E-state index contributed by atoms with van der Waals surface area (Å²) in [6, 6.07) is 0. The summed E-state index contributed by atoms with van der Waals surface area (Å²) in [6.45, 7) is 5.07. The summed E-state index contributed by atoms with van der Waals surface area (Å²) in [5, 5.41) is 0. The smallest absolute Gasteiger partial charge is 0.334 e. The summed E-state index contributed by atoms with van der Waals surface area (Å²) < 4.78 is 23.4. The molecule has 2 spiro atoms. The molecular formula is C15H22O5. The number of carbonyl (C=O) groups excluding carboxylic acids is 1. The summed E-state index contributed by atoms with van der Waals surface area (Å²) in [4.78, 5) is 11.6. The molecule has 3 fully saturated rings. The van der Waals surface area contributed by atoms with Gasteiger partial charge in [0.25, 0.3) is 0 Å². The van der Waals surface area contributed by atoms with Gasteiger partial charge in [0.1, 0.15) is 0 Å². The zero-order valence-electron chi connectivity index (χ0n) is 12.0. The number of esters is 1. The third-order valence-electron chi connectivity index (χ3n) is 4.30. The largest absolute Gasteiger partial charge is 0.405 e. The van der Waals surface area contributed by atoms with E-state index in [0.717, 1.165) is 57.4 Å². The van der Waals surface area contributed by atoms with E-state index in [1.54, 1.807) is 6.92 Å². The molecule has 0 bridgehead atoms. The molecule has 0 amide bonds. The minimum Gasteiger partial charge on any atom is -0.405 e. The number of carbonyl (C=O) groups is 1. The average molecular weight is 282 g/mol. The Morgan fingerprint density at radius 3 is 1.85 bits per heavy atom. The Balaban J connectivity index is 1.86. The second-order valence-corrected chi connectivity index (χ2v) is 6.03. The van der Waals surface area contributed by atoms with Crippen LogP contribution < -0.4 is 0 Å². The van der Waals surface area contributed by atoms with Crippen molar-refractivity contribution < 1.29 is 23.7 Å². The fraction of sp³-hybridized carbons (Fsp3) is 0.800. The van der Waals surface area contributed by atoms with Crippen LogP contribution in [0.15, 0.2) is 12.7 Å². The van der Waals surface area contributed by atoms with E-state index < -0.39 is 23.5 Å². The van der Waals surface area contributed by atoms with Gasteiger partial charge in [-0.2, -0.15) is 0 Å². The molecule has 0 aromatic carbocycles. The molecule has 112 valence electrons. The lowest BCUT2D eigenvalue weighted by molar-refractivity contribution is -0.548. The highest BCUT2D eigenvalue weighted by Crippen LogP contribution is 2.51. The summed E-state index contributed by atoms with van der Waals surface area (Å²) >= 11 is 0. The van der Waals surface area contributed by atoms with Gasteiger partial charge in [-0.3, -0.25) is 9.47 Å². The fourth-order valence-corrected chi connectivity index (χ4v) is 3.58. The van der Waals surface area contributed by atoms with Crippen LogP contribution in [0.3, 0.4) is 0 Å². The predicted molar refractivity (Wildman–Crippen MR) is 70.3 cm³/mol. The van der Waals surface area contributed by atoms with Crippen molar-refractivity contribution in [3.8, 4) is 0 Å². The third kappa shape index (κ3) is 2.50. The molecule has 0 aromatic heterocycles. The van der Waals surface area contributed by atoms with Crippen LogP contribution in [-0.2, 0) is 23.7 Å². The minimum absolute atomic E-state index is 0.546. The van der Waals surface area contributed by atoms with Crippen molar-refractivity contribution in [2.24, 2.45) is 0 Å². The third-order valence-corrected chi connectivity index (χ3v) is 4.30. The van der Waals surface area contributed by atoms with Crippen molar-refractivity contribution >= 4 is 5.97 Å². The van der Waals surface area contributed by atoms with Crippen LogP contribution in [0.4, 0.5) is 0 Å². The SMILES string of the molecule is C=CC(=O)OC1(C)OC2(CCCC2)OC2(CCCC2)O1. The zero-order valence-corrected chi connectivity index (χ0v) is 12.0. The Morgan fingerprint density at radius 2 is 1.45 bits per heavy atom. The standard InChI is InChI=1S/C15H22O5/c1-3-12(16)17-13(2)18-14(8-4-5-9-14)20-15(19-13)10-6-7-11-15/h3H,1,4-11H2,2H3. The van der Waals surface area contributed by atoms with Crippen molar-refractivity contribution in [2.75, 3.05) is 0 Å². The Labute approximate surface area is 119 Å². The molecule has 0 atom stereocenters. The van der Waals surface area contributed by atoms with E-state index in [4.69, 9.17) is 18.9 Å². The number of ether oxygens (including phenoxy) is 4. The lowest BCUT2D eigenvalue weighted by Gasteiger charge is -2.51. The maximum absolute atomic E-state index is 11.6. The summed E-state index contributed by atoms with van der Waals surface area (Å²) in [6.07, 6.45) is 8.62. The van der Waals surface area contributed by atoms with Crippen LogP contribution >= 0.6 is 0 Å². The predicted octanol–water partition coefficient (Wildman–Crippen LogP) is 2.99. The highest BCUT2D eigenvalue weighted by molar-refractivity contribution is 5.81. The van der Waals surface area contributed by atoms with E-state index >= 15 is 0 Å².